The number of carbonyl (C=O) groups is 2. The van der Waals surface area contributed by atoms with E-state index in [-0.39, 0.29) is 11.3 Å². The first-order chi connectivity index (χ1) is 15.5. The molecule has 1 N–H and O–H groups in total. The second-order valence-corrected chi connectivity index (χ2v) is 8.04. The summed E-state index contributed by atoms with van der Waals surface area (Å²) in [4.78, 5) is 30.0. The number of likely N-dealkylation sites (tertiary alicyclic amines) is 1. The average Bonchev–Trinajstić information content (AvgIpc) is 3.08. The third-order valence-corrected chi connectivity index (χ3v) is 6.10. The zero-order valence-corrected chi connectivity index (χ0v) is 18.4. The summed E-state index contributed by atoms with van der Waals surface area (Å²) in [5.74, 6) is -0.746. The zero-order chi connectivity index (χ0) is 22.7. The van der Waals surface area contributed by atoms with E-state index in [9.17, 15) is 14.7 Å². The average molecular weight is 437 g/mol. The van der Waals surface area contributed by atoms with E-state index in [1.807, 2.05) is 37.3 Å². The van der Waals surface area contributed by atoms with Crippen molar-refractivity contribution in [2.75, 3.05) is 46.5 Å². The van der Waals surface area contributed by atoms with E-state index < -0.39 is 17.7 Å². The van der Waals surface area contributed by atoms with Gasteiger partial charge in [0.05, 0.1) is 31.9 Å². The van der Waals surface area contributed by atoms with Crippen LogP contribution in [-0.4, -0.2) is 73.1 Å². The van der Waals surface area contributed by atoms with Crippen LogP contribution in [0.2, 0.25) is 0 Å². The number of nitrogens with zero attached hydrogens (tertiary/aromatic N) is 2. The van der Waals surface area contributed by atoms with E-state index in [4.69, 9.17) is 9.47 Å². The van der Waals surface area contributed by atoms with Gasteiger partial charge in [-0.25, -0.2) is 0 Å². The molecular formula is C25H28N2O5. The van der Waals surface area contributed by atoms with Crippen LogP contribution in [0.1, 0.15) is 22.7 Å². The Hall–Kier alpha value is -3.16. The van der Waals surface area contributed by atoms with Crippen LogP contribution >= 0.6 is 0 Å². The van der Waals surface area contributed by atoms with Gasteiger partial charge < -0.3 is 19.5 Å². The van der Waals surface area contributed by atoms with Gasteiger partial charge in [-0.15, -0.1) is 0 Å². The summed E-state index contributed by atoms with van der Waals surface area (Å²) in [6.45, 7) is 5.79. The molecule has 2 fully saturated rings. The second-order valence-electron chi connectivity index (χ2n) is 8.04. The number of ether oxygens (including phenoxy) is 2. The summed E-state index contributed by atoms with van der Waals surface area (Å²) in [5.41, 5.74) is 2.18. The van der Waals surface area contributed by atoms with Crippen molar-refractivity contribution >= 4 is 17.4 Å². The summed E-state index contributed by atoms with van der Waals surface area (Å²) in [5, 5.41) is 11.2. The van der Waals surface area contributed by atoms with Gasteiger partial charge in [0.25, 0.3) is 11.7 Å². The largest absolute Gasteiger partial charge is 0.507 e. The molecule has 0 radical (unpaired) electrons. The number of hydrogen-bond donors (Lipinski definition) is 1. The number of aryl methyl sites for hydroxylation is 1. The Morgan fingerprint density at radius 2 is 1.81 bits per heavy atom. The van der Waals surface area contributed by atoms with Crippen LogP contribution in [0.25, 0.3) is 5.76 Å². The molecule has 32 heavy (non-hydrogen) atoms. The van der Waals surface area contributed by atoms with Crippen LogP contribution in [0.3, 0.4) is 0 Å². The van der Waals surface area contributed by atoms with E-state index in [2.05, 4.69) is 4.90 Å². The highest BCUT2D eigenvalue weighted by Gasteiger charge is 2.46. The summed E-state index contributed by atoms with van der Waals surface area (Å²) in [6.07, 6.45) is 0. The van der Waals surface area contributed by atoms with Crippen LogP contribution in [0.5, 0.6) is 5.75 Å². The third-order valence-electron chi connectivity index (χ3n) is 6.10. The van der Waals surface area contributed by atoms with Crippen LogP contribution in [0, 0.1) is 6.92 Å². The number of benzene rings is 2. The summed E-state index contributed by atoms with van der Waals surface area (Å²) >= 11 is 0. The molecule has 2 heterocycles. The maximum absolute atomic E-state index is 13.1. The van der Waals surface area contributed by atoms with Crippen molar-refractivity contribution in [3.05, 3.63) is 70.8 Å². The SMILES string of the molecule is COc1ccc(C(O)=C2C(=O)C(=O)N(CCN3CCOCC3)C2c2ccccc2)c(C)c1. The highest BCUT2D eigenvalue weighted by atomic mass is 16.5. The van der Waals surface area contributed by atoms with E-state index in [1.54, 1.807) is 30.2 Å². The molecule has 2 aliphatic heterocycles. The van der Waals surface area contributed by atoms with Crippen LogP contribution in [-0.2, 0) is 14.3 Å². The molecule has 7 heteroatoms. The molecule has 0 aliphatic carbocycles. The normalized spacial score (nSPS) is 21.2. The molecule has 7 nitrogen and oxygen atoms in total. The fraction of sp³-hybridized carbons (Fsp3) is 0.360. The van der Waals surface area contributed by atoms with Crippen LogP contribution in [0.15, 0.2) is 54.1 Å². The van der Waals surface area contributed by atoms with Crippen LogP contribution < -0.4 is 4.74 Å². The first kappa shape index (κ1) is 22.0. The van der Waals surface area contributed by atoms with Crippen molar-refractivity contribution in [3.63, 3.8) is 0 Å². The van der Waals surface area contributed by atoms with Gasteiger partial charge in [-0.1, -0.05) is 30.3 Å². The van der Waals surface area contributed by atoms with Crippen molar-refractivity contribution in [2.24, 2.45) is 0 Å². The summed E-state index contributed by atoms with van der Waals surface area (Å²) in [7, 11) is 1.57. The molecule has 0 bridgehead atoms. The fourth-order valence-electron chi connectivity index (χ4n) is 4.34. The molecule has 1 atom stereocenters. The van der Waals surface area contributed by atoms with Crippen molar-refractivity contribution in [2.45, 2.75) is 13.0 Å². The number of amides is 1. The van der Waals surface area contributed by atoms with Crippen LogP contribution in [0.4, 0.5) is 0 Å². The molecule has 1 unspecified atom stereocenters. The summed E-state index contributed by atoms with van der Waals surface area (Å²) in [6, 6.07) is 14.0. The number of ketones is 1. The van der Waals surface area contributed by atoms with Crippen molar-refractivity contribution < 1.29 is 24.2 Å². The molecule has 2 aromatic rings. The minimum Gasteiger partial charge on any atom is -0.507 e. The predicted octanol–water partition coefficient (Wildman–Crippen LogP) is 2.76. The quantitative estimate of drug-likeness (QED) is 0.426. The third kappa shape index (κ3) is 4.26. The van der Waals surface area contributed by atoms with E-state index in [1.165, 1.54) is 0 Å². The van der Waals surface area contributed by atoms with E-state index in [0.29, 0.717) is 37.6 Å². The predicted molar refractivity (Wildman–Crippen MR) is 120 cm³/mol. The van der Waals surface area contributed by atoms with Gasteiger partial charge in [0, 0.05) is 31.7 Å². The minimum absolute atomic E-state index is 0.122. The maximum Gasteiger partial charge on any atom is 0.295 e. The number of hydrogen-bond acceptors (Lipinski definition) is 6. The lowest BCUT2D eigenvalue weighted by molar-refractivity contribution is -0.140. The number of rotatable bonds is 6. The summed E-state index contributed by atoms with van der Waals surface area (Å²) < 4.78 is 10.6. The molecule has 1 amide bonds. The highest BCUT2D eigenvalue weighted by Crippen LogP contribution is 2.40. The Bertz CT molecular complexity index is 1030. The Kier molecular flexibility index (Phi) is 6.58. The molecule has 0 aromatic heterocycles. The molecule has 168 valence electrons. The first-order valence-electron chi connectivity index (χ1n) is 10.8. The fourth-order valence-corrected chi connectivity index (χ4v) is 4.34. The Morgan fingerprint density at radius 3 is 2.47 bits per heavy atom. The number of methoxy groups -OCH3 is 1. The van der Waals surface area contributed by atoms with Gasteiger partial charge in [0.2, 0.25) is 0 Å². The van der Waals surface area contributed by atoms with Crippen molar-refractivity contribution in [3.8, 4) is 5.75 Å². The Morgan fingerprint density at radius 1 is 1.09 bits per heavy atom. The molecule has 0 spiro atoms. The lowest BCUT2D eigenvalue weighted by atomic mass is 9.94. The van der Waals surface area contributed by atoms with Crippen molar-refractivity contribution in [1.29, 1.82) is 0 Å². The van der Waals surface area contributed by atoms with Crippen molar-refractivity contribution in [1.82, 2.24) is 9.80 Å². The Labute approximate surface area is 187 Å². The molecule has 2 aromatic carbocycles. The van der Waals surface area contributed by atoms with Gasteiger partial charge in [-0.2, -0.15) is 0 Å². The molecule has 2 aliphatic rings. The standard InChI is InChI=1S/C25H28N2O5/c1-17-16-19(31-2)8-9-20(17)23(28)21-22(18-6-4-3-5-7-18)27(25(30)24(21)29)11-10-26-12-14-32-15-13-26/h3-9,16,22,28H,10-15H2,1-2H3. The van der Waals surface area contributed by atoms with E-state index in [0.717, 1.165) is 24.2 Å². The van der Waals surface area contributed by atoms with Gasteiger partial charge in [0.1, 0.15) is 11.5 Å². The monoisotopic (exact) mass is 436 g/mol. The number of aliphatic hydroxyl groups is 1. The second kappa shape index (κ2) is 9.54. The van der Waals surface area contributed by atoms with Gasteiger partial charge >= 0.3 is 0 Å². The molecule has 0 saturated carbocycles. The zero-order valence-electron chi connectivity index (χ0n) is 18.4. The highest BCUT2D eigenvalue weighted by molar-refractivity contribution is 6.46. The van der Waals surface area contributed by atoms with Gasteiger partial charge in [-0.05, 0) is 36.2 Å². The van der Waals surface area contributed by atoms with Gasteiger partial charge in [-0.3, -0.25) is 14.5 Å². The van der Waals surface area contributed by atoms with E-state index >= 15 is 0 Å². The molecule has 4 rings (SSSR count). The smallest absolute Gasteiger partial charge is 0.295 e. The maximum atomic E-state index is 13.1. The lowest BCUT2D eigenvalue weighted by Crippen LogP contribution is -2.42. The lowest BCUT2D eigenvalue weighted by Gasteiger charge is -2.31. The number of aliphatic hydroxyl groups excluding tert-OH is 1. The number of carbonyl (C=O) groups excluding carboxylic acids is 2. The minimum atomic E-state index is -0.659. The first-order valence-corrected chi connectivity index (χ1v) is 10.8. The topological polar surface area (TPSA) is 79.3 Å². The molecule has 2 saturated heterocycles. The number of Topliss-reactive ketones (excluding diaryl/α,β-unsaturated/α-hetero) is 1. The Balaban J connectivity index is 1.73. The molecular weight excluding hydrogens is 408 g/mol. The number of morpholine rings is 1. The van der Waals surface area contributed by atoms with Gasteiger partial charge in [0.15, 0.2) is 0 Å².